The van der Waals surface area contributed by atoms with E-state index >= 15 is 0 Å². The fourth-order valence-corrected chi connectivity index (χ4v) is 1.21. The Kier molecular flexibility index (Phi) is 3.87. The highest BCUT2D eigenvalue weighted by Crippen LogP contribution is 1.92. The van der Waals surface area contributed by atoms with Gasteiger partial charge < -0.3 is 15.5 Å². The minimum Gasteiger partial charge on any atom is -0.338 e. The molecule has 0 aromatic rings. The van der Waals surface area contributed by atoms with Crippen molar-refractivity contribution < 1.29 is 4.79 Å². The van der Waals surface area contributed by atoms with E-state index in [0.717, 1.165) is 39.1 Å². The first kappa shape index (κ1) is 9.32. The van der Waals surface area contributed by atoms with Gasteiger partial charge in [0.1, 0.15) is 0 Å². The maximum Gasteiger partial charge on any atom is 0.317 e. The van der Waals surface area contributed by atoms with Gasteiger partial charge in [0.15, 0.2) is 0 Å². The quantitative estimate of drug-likeness (QED) is 0.615. The summed E-state index contributed by atoms with van der Waals surface area (Å²) in [5.74, 6) is 0. The van der Waals surface area contributed by atoms with Crippen LogP contribution >= 0.6 is 0 Å². The van der Waals surface area contributed by atoms with Crippen LogP contribution < -0.4 is 10.6 Å². The Bertz CT molecular complexity index is 143. The Morgan fingerprint density at radius 3 is 2.75 bits per heavy atom. The summed E-state index contributed by atoms with van der Waals surface area (Å²) in [6.45, 7) is 6.32. The van der Waals surface area contributed by atoms with E-state index in [4.69, 9.17) is 0 Å². The molecular weight excluding hydrogens is 154 g/mol. The molecule has 1 heterocycles. The number of hydrogen-bond donors (Lipinski definition) is 2. The van der Waals surface area contributed by atoms with Crippen molar-refractivity contribution >= 4 is 6.03 Å². The van der Waals surface area contributed by atoms with Crippen molar-refractivity contribution in [2.45, 2.75) is 13.3 Å². The molecule has 0 spiro atoms. The summed E-state index contributed by atoms with van der Waals surface area (Å²) in [6.07, 6.45) is 0.998. The molecule has 4 nitrogen and oxygen atoms in total. The van der Waals surface area contributed by atoms with Crippen molar-refractivity contribution in [1.29, 1.82) is 0 Å². The Balaban J connectivity index is 2.20. The van der Waals surface area contributed by atoms with E-state index in [1.165, 1.54) is 0 Å². The van der Waals surface area contributed by atoms with Crippen LogP contribution in [0.1, 0.15) is 13.3 Å². The fourth-order valence-electron chi connectivity index (χ4n) is 1.21. The number of hydrogen-bond acceptors (Lipinski definition) is 2. The van der Waals surface area contributed by atoms with Gasteiger partial charge in [-0.3, -0.25) is 0 Å². The molecule has 1 rings (SSSR count). The average Bonchev–Trinajstić information content (AvgIpc) is 2.15. The van der Waals surface area contributed by atoms with Crippen LogP contribution in [0, 0.1) is 0 Å². The zero-order chi connectivity index (χ0) is 8.81. The third-order valence-electron chi connectivity index (χ3n) is 1.93. The molecule has 0 unspecified atom stereocenters. The summed E-state index contributed by atoms with van der Waals surface area (Å²) in [6, 6.07) is 0.0818. The molecule has 12 heavy (non-hydrogen) atoms. The van der Waals surface area contributed by atoms with Crippen molar-refractivity contribution in [1.82, 2.24) is 15.5 Å². The molecule has 0 aromatic heterocycles. The number of amides is 2. The van der Waals surface area contributed by atoms with Crippen LogP contribution in [0.25, 0.3) is 0 Å². The van der Waals surface area contributed by atoms with E-state index in [1.54, 1.807) is 0 Å². The Morgan fingerprint density at radius 2 is 2.17 bits per heavy atom. The highest BCUT2D eigenvalue weighted by Gasteiger charge is 2.14. The van der Waals surface area contributed by atoms with Crippen LogP contribution in [0.5, 0.6) is 0 Å². The van der Waals surface area contributed by atoms with E-state index in [9.17, 15) is 4.79 Å². The fraction of sp³-hybridized carbons (Fsp3) is 0.875. The second-order valence-electron chi connectivity index (χ2n) is 2.97. The first-order chi connectivity index (χ1) is 5.84. The molecule has 0 aliphatic carbocycles. The maximum atomic E-state index is 11.3. The molecule has 2 N–H and O–H groups in total. The zero-order valence-corrected chi connectivity index (χ0v) is 7.60. The van der Waals surface area contributed by atoms with Crippen LogP contribution in [-0.2, 0) is 0 Å². The van der Waals surface area contributed by atoms with Gasteiger partial charge in [-0.05, 0) is 6.42 Å². The lowest BCUT2D eigenvalue weighted by Crippen LogP contribution is -2.50. The molecule has 1 aliphatic rings. The monoisotopic (exact) mass is 171 g/mol. The maximum absolute atomic E-state index is 11.3. The van der Waals surface area contributed by atoms with Crippen LogP contribution in [0.15, 0.2) is 0 Å². The molecule has 0 aromatic carbocycles. The highest BCUT2D eigenvalue weighted by molar-refractivity contribution is 5.74. The van der Waals surface area contributed by atoms with E-state index in [2.05, 4.69) is 17.6 Å². The number of nitrogens with one attached hydrogen (secondary N) is 2. The van der Waals surface area contributed by atoms with Gasteiger partial charge in [0.2, 0.25) is 0 Å². The number of carbonyl (C=O) groups excluding carboxylic acids is 1. The van der Waals surface area contributed by atoms with E-state index in [-0.39, 0.29) is 6.03 Å². The summed E-state index contributed by atoms with van der Waals surface area (Å²) >= 11 is 0. The van der Waals surface area contributed by atoms with E-state index in [0.29, 0.717) is 0 Å². The van der Waals surface area contributed by atoms with Gasteiger partial charge in [-0.1, -0.05) is 6.92 Å². The largest absolute Gasteiger partial charge is 0.338 e. The van der Waals surface area contributed by atoms with Gasteiger partial charge in [-0.25, -0.2) is 4.79 Å². The first-order valence-electron chi connectivity index (χ1n) is 4.58. The van der Waals surface area contributed by atoms with Crippen LogP contribution in [0.3, 0.4) is 0 Å². The Hall–Kier alpha value is -0.770. The third kappa shape index (κ3) is 2.70. The molecular formula is C8H17N3O. The molecule has 0 saturated carbocycles. The van der Waals surface area contributed by atoms with Crippen molar-refractivity contribution in [3.63, 3.8) is 0 Å². The van der Waals surface area contributed by atoms with E-state index < -0.39 is 0 Å². The second kappa shape index (κ2) is 4.98. The predicted molar refractivity (Wildman–Crippen MR) is 48.1 cm³/mol. The number of rotatable bonds is 2. The smallest absolute Gasteiger partial charge is 0.317 e. The van der Waals surface area contributed by atoms with Crippen molar-refractivity contribution in [3.05, 3.63) is 0 Å². The van der Waals surface area contributed by atoms with Gasteiger partial charge in [0, 0.05) is 32.7 Å². The minimum atomic E-state index is 0.0818. The minimum absolute atomic E-state index is 0.0818. The number of nitrogens with zero attached hydrogens (tertiary/aromatic N) is 1. The normalized spacial score (nSPS) is 17.6. The van der Waals surface area contributed by atoms with Gasteiger partial charge in [0.05, 0.1) is 0 Å². The molecule has 4 heteroatoms. The average molecular weight is 171 g/mol. The zero-order valence-electron chi connectivity index (χ0n) is 7.60. The topological polar surface area (TPSA) is 44.4 Å². The molecule has 0 bridgehead atoms. The number of piperazine rings is 1. The molecule has 1 fully saturated rings. The predicted octanol–water partition coefficient (Wildman–Crippen LogP) is 0.0112. The van der Waals surface area contributed by atoms with Gasteiger partial charge in [-0.15, -0.1) is 0 Å². The standard InChI is InChI=1S/C8H17N3O/c1-2-3-10-8(12)11-6-4-9-5-7-11/h9H,2-7H2,1H3,(H,10,12). The summed E-state index contributed by atoms with van der Waals surface area (Å²) in [4.78, 5) is 13.2. The third-order valence-corrected chi connectivity index (χ3v) is 1.93. The summed E-state index contributed by atoms with van der Waals surface area (Å²) in [5.41, 5.74) is 0. The van der Waals surface area contributed by atoms with Crippen molar-refractivity contribution in [3.8, 4) is 0 Å². The van der Waals surface area contributed by atoms with Crippen molar-refractivity contribution in [2.75, 3.05) is 32.7 Å². The van der Waals surface area contributed by atoms with Gasteiger partial charge >= 0.3 is 6.03 Å². The lowest BCUT2D eigenvalue weighted by molar-refractivity contribution is 0.190. The highest BCUT2D eigenvalue weighted by atomic mass is 16.2. The molecule has 2 amide bonds. The second-order valence-corrected chi connectivity index (χ2v) is 2.97. The summed E-state index contributed by atoms with van der Waals surface area (Å²) in [7, 11) is 0. The molecule has 70 valence electrons. The van der Waals surface area contributed by atoms with Crippen molar-refractivity contribution in [2.24, 2.45) is 0 Å². The SMILES string of the molecule is CCCNC(=O)N1CCNCC1. The Labute approximate surface area is 73.3 Å². The summed E-state index contributed by atoms with van der Waals surface area (Å²) < 4.78 is 0. The van der Waals surface area contributed by atoms with Crippen LogP contribution in [0.2, 0.25) is 0 Å². The van der Waals surface area contributed by atoms with E-state index in [1.807, 2.05) is 4.90 Å². The van der Waals surface area contributed by atoms with Gasteiger partial charge in [-0.2, -0.15) is 0 Å². The number of urea groups is 1. The lowest BCUT2D eigenvalue weighted by Gasteiger charge is -2.27. The molecule has 0 radical (unpaired) electrons. The number of carbonyl (C=O) groups is 1. The van der Waals surface area contributed by atoms with Crippen LogP contribution in [0.4, 0.5) is 4.79 Å². The Morgan fingerprint density at radius 1 is 1.50 bits per heavy atom. The summed E-state index contributed by atoms with van der Waals surface area (Å²) in [5, 5.41) is 6.07. The molecule has 1 saturated heterocycles. The molecule has 0 atom stereocenters. The molecule has 1 aliphatic heterocycles. The lowest BCUT2D eigenvalue weighted by atomic mass is 10.4. The van der Waals surface area contributed by atoms with Crippen LogP contribution in [-0.4, -0.2) is 43.7 Å². The van der Waals surface area contributed by atoms with Gasteiger partial charge in [0.25, 0.3) is 0 Å². The first-order valence-corrected chi connectivity index (χ1v) is 4.58.